The van der Waals surface area contributed by atoms with Crippen LogP contribution in [0.2, 0.25) is 0 Å². The van der Waals surface area contributed by atoms with Crippen LogP contribution in [0.1, 0.15) is 39.5 Å². The molecule has 0 aliphatic rings. The van der Waals surface area contributed by atoms with Gasteiger partial charge in [-0.2, -0.15) is 0 Å². The van der Waals surface area contributed by atoms with Gasteiger partial charge >= 0.3 is 5.97 Å². The third-order valence-corrected chi connectivity index (χ3v) is 1.69. The number of carbonyl (C=O) groups is 1. The zero-order chi connectivity index (χ0) is 9.40. The fourth-order valence-corrected chi connectivity index (χ4v) is 0.974. The summed E-state index contributed by atoms with van der Waals surface area (Å²) in [6.07, 6.45) is 2.85. The Morgan fingerprint density at radius 1 is 1.50 bits per heavy atom. The summed E-state index contributed by atoms with van der Waals surface area (Å²) in [4.78, 5) is 10.2. The van der Waals surface area contributed by atoms with Crippen LogP contribution in [0, 0.1) is 0 Å². The molecule has 1 unspecified atom stereocenters. The van der Waals surface area contributed by atoms with Crippen LogP contribution in [-0.4, -0.2) is 23.8 Å². The second-order valence-corrected chi connectivity index (χ2v) is 2.83. The molecule has 1 atom stereocenters. The molecule has 1 N–H and O–H groups in total. The molecule has 0 amide bonds. The largest absolute Gasteiger partial charge is 0.481 e. The number of aliphatic carboxylic acids is 1. The van der Waals surface area contributed by atoms with Gasteiger partial charge in [-0.15, -0.1) is 0 Å². The molecule has 3 nitrogen and oxygen atoms in total. The molecular weight excluding hydrogens is 156 g/mol. The van der Waals surface area contributed by atoms with Crippen molar-refractivity contribution < 1.29 is 14.6 Å². The summed E-state index contributed by atoms with van der Waals surface area (Å²) in [7, 11) is 0. The highest BCUT2D eigenvalue weighted by molar-refractivity contribution is 5.66. The van der Waals surface area contributed by atoms with Crippen molar-refractivity contribution >= 4 is 5.97 Å². The summed E-state index contributed by atoms with van der Waals surface area (Å²) < 4.78 is 5.43. The average molecular weight is 174 g/mol. The Hall–Kier alpha value is -0.570. The van der Waals surface area contributed by atoms with Gasteiger partial charge in [-0.1, -0.05) is 13.8 Å². The smallest absolute Gasteiger partial charge is 0.303 e. The monoisotopic (exact) mass is 174 g/mol. The third kappa shape index (κ3) is 6.16. The molecule has 12 heavy (non-hydrogen) atoms. The molecule has 0 radical (unpaired) electrons. The maximum atomic E-state index is 10.2. The normalized spacial score (nSPS) is 12.8. The summed E-state index contributed by atoms with van der Waals surface area (Å²) in [6.45, 7) is 4.80. The van der Waals surface area contributed by atoms with Crippen molar-refractivity contribution in [2.75, 3.05) is 6.61 Å². The topological polar surface area (TPSA) is 46.5 Å². The van der Waals surface area contributed by atoms with Crippen molar-refractivity contribution in [1.29, 1.82) is 0 Å². The van der Waals surface area contributed by atoms with Crippen molar-refractivity contribution in [3.8, 4) is 0 Å². The number of carboxylic acid groups (broad SMARTS) is 1. The van der Waals surface area contributed by atoms with Crippen LogP contribution < -0.4 is 0 Å². The van der Waals surface area contributed by atoms with E-state index >= 15 is 0 Å². The van der Waals surface area contributed by atoms with Gasteiger partial charge in [-0.3, -0.25) is 4.79 Å². The van der Waals surface area contributed by atoms with E-state index in [9.17, 15) is 4.79 Å². The minimum Gasteiger partial charge on any atom is -0.481 e. The number of carboxylic acids is 1. The third-order valence-electron chi connectivity index (χ3n) is 1.69. The summed E-state index contributed by atoms with van der Waals surface area (Å²) >= 11 is 0. The van der Waals surface area contributed by atoms with E-state index in [4.69, 9.17) is 9.84 Å². The van der Waals surface area contributed by atoms with Crippen molar-refractivity contribution in [2.24, 2.45) is 0 Å². The molecule has 0 aromatic rings. The summed E-state index contributed by atoms with van der Waals surface area (Å²) in [5, 5.41) is 8.43. The molecule has 0 aromatic carbocycles. The predicted octanol–water partition coefficient (Wildman–Crippen LogP) is 2.06. The highest BCUT2D eigenvalue weighted by Gasteiger charge is 2.07. The van der Waals surface area contributed by atoms with Gasteiger partial charge in [0.1, 0.15) is 0 Å². The van der Waals surface area contributed by atoms with Gasteiger partial charge in [0.05, 0.1) is 6.10 Å². The predicted molar refractivity (Wildman–Crippen MR) is 47.2 cm³/mol. The number of hydrogen-bond acceptors (Lipinski definition) is 2. The second-order valence-electron chi connectivity index (χ2n) is 2.83. The minimum absolute atomic E-state index is 0.126. The molecular formula is C9H18O3. The van der Waals surface area contributed by atoms with Gasteiger partial charge in [0.2, 0.25) is 0 Å². The molecule has 0 saturated heterocycles. The summed E-state index contributed by atoms with van der Waals surface area (Å²) in [5.41, 5.74) is 0. The van der Waals surface area contributed by atoms with Gasteiger partial charge in [0, 0.05) is 13.0 Å². The van der Waals surface area contributed by atoms with E-state index in [1.54, 1.807) is 0 Å². The first kappa shape index (κ1) is 11.4. The molecule has 0 saturated carbocycles. The summed E-state index contributed by atoms with van der Waals surface area (Å²) in [5.74, 6) is -0.742. The van der Waals surface area contributed by atoms with E-state index in [0.717, 1.165) is 19.4 Å². The van der Waals surface area contributed by atoms with E-state index in [0.29, 0.717) is 6.42 Å². The average Bonchev–Trinajstić information content (AvgIpc) is 2.05. The first-order valence-electron chi connectivity index (χ1n) is 4.54. The van der Waals surface area contributed by atoms with Crippen molar-refractivity contribution in [3.63, 3.8) is 0 Å². The van der Waals surface area contributed by atoms with Crippen LogP contribution >= 0.6 is 0 Å². The summed E-state index contributed by atoms with van der Waals surface area (Å²) in [6, 6.07) is 0. The minimum atomic E-state index is -0.742. The standard InChI is InChI=1S/C9H18O3/c1-3-7-12-8(4-2)5-6-9(10)11/h8H,3-7H2,1-2H3,(H,10,11). The van der Waals surface area contributed by atoms with E-state index in [2.05, 4.69) is 0 Å². The lowest BCUT2D eigenvalue weighted by Crippen LogP contribution is -2.14. The Labute approximate surface area is 73.7 Å². The van der Waals surface area contributed by atoms with Gasteiger partial charge in [0.15, 0.2) is 0 Å². The molecule has 0 heterocycles. The van der Waals surface area contributed by atoms with Gasteiger partial charge in [-0.25, -0.2) is 0 Å². The highest BCUT2D eigenvalue weighted by Crippen LogP contribution is 2.06. The second kappa shape index (κ2) is 7.10. The van der Waals surface area contributed by atoms with Gasteiger partial charge < -0.3 is 9.84 Å². The first-order chi connectivity index (χ1) is 5.70. The maximum absolute atomic E-state index is 10.2. The zero-order valence-electron chi connectivity index (χ0n) is 7.88. The Morgan fingerprint density at radius 2 is 2.17 bits per heavy atom. The molecule has 0 aromatic heterocycles. The van der Waals surface area contributed by atoms with E-state index in [1.807, 2.05) is 13.8 Å². The number of ether oxygens (including phenoxy) is 1. The van der Waals surface area contributed by atoms with E-state index < -0.39 is 5.97 Å². The van der Waals surface area contributed by atoms with Crippen molar-refractivity contribution in [1.82, 2.24) is 0 Å². The lowest BCUT2D eigenvalue weighted by molar-refractivity contribution is -0.137. The van der Waals surface area contributed by atoms with Crippen LogP contribution in [0.5, 0.6) is 0 Å². The fourth-order valence-electron chi connectivity index (χ4n) is 0.974. The fraction of sp³-hybridized carbons (Fsp3) is 0.889. The van der Waals surface area contributed by atoms with E-state index in [-0.39, 0.29) is 12.5 Å². The Kier molecular flexibility index (Phi) is 6.76. The maximum Gasteiger partial charge on any atom is 0.303 e. The molecule has 0 rings (SSSR count). The molecule has 0 aliphatic heterocycles. The lowest BCUT2D eigenvalue weighted by Gasteiger charge is -2.13. The number of rotatable bonds is 7. The van der Waals surface area contributed by atoms with Crippen LogP contribution in [0.4, 0.5) is 0 Å². The van der Waals surface area contributed by atoms with Crippen molar-refractivity contribution in [3.05, 3.63) is 0 Å². The van der Waals surface area contributed by atoms with Crippen LogP contribution in [-0.2, 0) is 9.53 Å². The Morgan fingerprint density at radius 3 is 2.58 bits per heavy atom. The van der Waals surface area contributed by atoms with Gasteiger partial charge in [0.25, 0.3) is 0 Å². The molecule has 0 aliphatic carbocycles. The van der Waals surface area contributed by atoms with Crippen LogP contribution in [0.25, 0.3) is 0 Å². The SMILES string of the molecule is CCCOC(CC)CCC(=O)O. The van der Waals surface area contributed by atoms with Gasteiger partial charge in [-0.05, 0) is 19.3 Å². The highest BCUT2D eigenvalue weighted by atomic mass is 16.5. The molecule has 0 spiro atoms. The zero-order valence-corrected chi connectivity index (χ0v) is 7.88. The van der Waals surface area contributed by atoms with Crippen molar-refractivity contribution in [2.45, 2.75) is 45.6 Å². The molecule has 0 bridgehead atoms. The quantitative estimate of drug-likeness (QED) is 0.642. The van der Waals surface area contributed by atoms with Crippen LogP contribution in [0.3, 0.4) is 0 Å². The van der Waals surface area contributed by atoms with Crippen LogP contribution in [0.15, 0.2) is 0 Å². The molecule has 72 valence electrons. The number of hydrogen-bond donors (Lipinski definition) is 1. The lowest BCUT2D eigenvalue weighted by atomic mass is 10.1. The van der Waals surface area contributed by atoms with E-state index in [1.165, 1.54) is 0 Å². The first-order valence-corrected chi connectivity index (χ1v) is 4.54. The Balaban J connectivity index is 3.45. The molecule has 0 fully saturated rings. The Bertz CT molecular complexity index is 123. The molecule has 3 heteroatoms.